The number of nitrogens with zero attached hydrogens (tertiary/aromatic N) is 2. The standard InChI is InChI=1S/C15H15BrFN3O/c1-20(9-10-4-2-3-5-13(10)16)14-7-6-11(17)8-12(14)15(18)19-21/h2-8,21H,9H2,1H3,(H2,18,19). The minimum atomic E-state index is -0.436. The molecule has 0 aliphatic carbocycles. The van der Waals surface area contributed by atoms with Crippen LogP contribution >= 0.6 is 15.9 Å². The molecule has 3 N–H and O–H groups in total. The molecule has 0 spiro atoms. The molecule has 2 aromatic rings. The molecule has 21 heavy (non-hydrogen) atoms. The van der Waals surface area contributed by atoms with Gasteiger partial charge >= 0.3 is 0 Å². The van der Waals surface area contributed by atoms with E-state index in [0.29, 0.717) is 17.8 Å². The van der Waals surface area contributed by atoms with E-state index in [1.54, 1.807) is 6.07 Å². The maximum Gasteiger partial charge on any atom is 0.172 e. The highest BCUT2D eigenvalue weighted by Crippen LogP contribution is 2.24. The Morgan fingerprint density at radius 2 is 2.05 bits per heavy atom. The summed E-state index contributed by atoms with van der Waals surface area (Å²) in [6.45, 7) is 0.596. The highest BCUT2D eigenvalue weighted by Gasteiger charge is 2.13. The third kappa shape index (κ3) is 3.52. The van der Waals surface area contributed by atoms with Crippen LogP contribution in [0.1, 0.15) is 11.1 Å². The van der Waals surface area contributed by atoms with Crippen LogP contribution in [-0.4, -0.2) is 18.1 Å². The van der Waals surface area contributed by atoms with Gasteiger partial charge in [-0.15, -0.1) is 0 Å². The quantitative estimate of drug-likeness (QED) is 0.384. The Labute approximate surface area is 130 Å². The summed E-state index contributed by atoms with van der Waals surface area (Å²) in [4.78, 5) is 1.91. The Bertz CT molecular complexity index is 676. The van der Waals surface area contributed by atoms with Gasteiger partial charge in [0.25, 0.3) is 0 Å². The minimum Gasteiger partial charge on any atom is -0.409 e. The van der Waals surface area contributed by atoms with Crippen molar-refractivity contribution in [3.63, 3.8) is 0 Å². The summed E-state index contributed by atoms with van der Waals surface area (Å²) in [5.41, 5.74) is 7.74. The van der Waals surface area contributed by atoms with Crippen molar-refractivity contribution in [2.45, 2.75) is 6.54 Å². The number of anilines is 1. The first kappa shape index (κ1) is 15.3. The fourth-order valence-corrected chi connectivity index (χ4v) is 2.48. The molecule has 0 amide bonds. The average Bonchev–Trinajstić information content (AvgIpc) is 2.48. The van der Waals surface area contributed by atoms with Crippen molar-refractivity contribution in [2.75, 3.05) is 11.9 Å². The first-order valence-electron chi connectivity index (χ1n) is 6.25. The molecule has 4 nitrogen and oxygen atoms in total. The SMILES string of the molecule is CN(Cc1ccccc1Br)c1ccc(F)cc1C(N)=NO. The van der Waals surface area contributed by atoms with E-state index in [0.717, 1.165) is 10.0 Å². The molecule has 110 valence electrons. The molecular formula is C15H15BrFN3O. The van der Waals surface area contributed by atoms with Gasteiger partial charge in [0.2, 0.25) is 0 Å². The number of nitrogens with two attached hydrogens (primary N) is 1. The highest BCUT2D eigenvalue weighted by molar-refractivity contribution is 9.10. The van der Waals surface area contributed by atoms with Crippen molar-refractivity contribution in [1.82, 2.24) is 0 Å². The number of amidine groups is 1. The van der Waals surface area contributed by atoms with E-state index in [9.17, 15) is 4.39 Å². The molecular weight excluding hydrogens is 337 g/mol. The second-order valence-electron chi connectivity index (χ2n) is 4.59. The van der Waals surface area contributed by atoms with Gasteiger partial charge in [-0.25, -0.2) is 4.39 Å². The highest BCUT2D eigenvalue weighted by atomic mass is 79.9. The summed E-state index contributed by atoms with van der Waals surface area (Å²) in [7, 11) is 1.86. The fraction of sp³-hybridized carbons (Fsp3) is 0.133. The van der Waals surface area contributed by atoms with Gasteiger partial charge in [0.15, 0.2) is 5.84 Å². The Hall–Kier alpha value is -2.08. The first-order chi connectivity index (χ1) is 10.0. The van der Waals surface area contributed by atoms with Crippen LogP contribution in [0.15, 0.2) is 52.1 Å². The molecule has 0 radical (unpaired) electrons. The molecule has 0 heterocycles. The molecule has 0 saturated carbocycles. The van der Waals surface area contributed by atoms with Crippen LogP contribution in [0.2, 0.25) is 0 Å². The molecule has 0 unspecified atom stereocenters. The van der Waals surface area contributed by atoms with E-state index in [1.807, 2.05) is 36.2 Å². The number of benzene rings is 2. The lowest BCUT2D eigenvalue weighted by atomic mass is 10.1. The topological polar surface area (TPSA) is 61.8 Å². The number of halogens is 2. The summed E-state index contributed by atoms with van der Waals surface area (Å²) in [6, 6.07) is 12.0. The van der Waals surface area contributed by atoms with E-state index in [-0.39, 0.29) is 5.84 Å². The smallest absolute Gasteiger partial charge is 0.172 e. The zero-order valence-electron chi connectivity index (χ0n) is 11.4. The first-order valence-corrected chi connectivity index (χ1v) is 7.04. The van der Waals surface area contributed by atoms with Crippen LogP contribution in [0.3, 0.4) is 0 Å². The van der Waals surface area contributed by atoms with Gasteiger partial charge in [-0.2, -0.15) is 0 Å². The normalized spacial score (nSPS) is 11.5. The van der Waals surface area contributed by atoms with Crippen molar-refractivity contribution in [1.29, 1.82) is 0 Å². The second kappa shape index (κ2) is 6.58. The summed E-state index contributed by atoms with van der Waals surface area (Å²) < 4.78 is 14.4. The van der Waals surface area contributed by atoms with Crippen LogP contribution in [0.25, 0.3) is 0 Å². The zero-order chi connectivity index (χ0) is 15.4. The summed E-state index contributed by atoms with van der Waals surface area (Å²) in [5.74, 6) is -0.557. The van der Waals surface area contributed by atoms with E-state index in [4.69, 9.17) is 10.9 Å². The van der Waals surface area contributed by atoms with Gasteiger partial charge in [-0.05, 0) is 29.8 Å². The van der Waals surface area contributed by atoms with E-state index >= 15 is 0 Å². The molecule has 0 atom stereocenters. The van der Waals surface area contributed by atoms with Gasteiger partial charge < -0.3 is 15.8 Å². The predicted molar refractivity (Wildman–Crippen MR) is 85.2 cm³/mol. The van der Waals surface area contributed by atoms with Gasteiger partial charge in [0.1, 0.15) is 5.82 Å². The van der Waals surface area contributed by atoms with Crippen LogP contribution in [0.5, 0.6) is 0 Å². The summed E-state index contributed by atoms with van der Waals surface area (Å²) in [5, 5.41) is 11.8. The minimum absolute atomic E-state index is 0.122. The number of rotatable bonds is 4. The van der Waals surface area contributed by atoms with Gasteiger partial charge in [0.05, 0.1) is 0 Å². The lowest BCUT2D eigenvalue weighted by Gasteiger charge is -2.22. The van der Waals surface area contributed by atoms with Crippen molar-refractivity contribution in [3.8, 4) is 0 Å². The van der Waals surface area contributed by atoms with Crippen LogP contribution in [0.4, 0.5) is 10.1 Å². The second-order valence-corrected chi connectivity index (χ2v) is 5.45. The molecule has 0 aromatic heterocycles. The third-order valence-electron chi connectivity index (χ3n) is 3.12. The largest absolute Gasteiger partial charge is 0.409 e. The zero-order valence-corrected chi connectivity index (χ0v) is 13.0. The van der Waals surface area contributed by atoms with Crippen molar-refractivity contribution < 1.29 is 9.60 Å². The monoisotopic (exact) mass is 351 g/mol. The lowest BCUT2D eigenvalue weighted by molar-refractivity contribution is 0.318. The molecule has 2 aromatic carbocycles. The Kier molecular flexibility index (Phi) is 4.80. The molecule has 0 bridgehead atoms. The maximum atomic E-state index is 13.4. The molecule has 0 aliphatic rings. The molecule has 0 fully saturated rings. The average molecular weight is 352 g/mol. The number of hydrogen-bond donors (Lipinski definition) is 2. The van der Waals surface area contributed by atoms with Gasteiger partial charge in [0, 0.05) is 29.3 Å². The summed E-state index contributed by atoms with van der Waals surface area (Å²) >= 11 is 3.49. The van der Waals surface area contributed by atoms with E-state index < -0.39 is 5.82 Å². The maximum absolute atomic E-state index is 13.4. The van der Waals surface area contributed by atoms with Crippen LogP contribution in [-0.2, 0) is 6.54 Å². The van der Waals surface area contributed by atoms with Gasteiger partial charge in [-0.3, -0.25) is 0 Å². The third-order valence-corrected chi connectivity index (χ3v) is 3.89. The predicted octanol–water partition coefficient (Wildman–Crippen LogP) is 3.32. The fourth-order valence-electron chi connectivity index (χ4n) is 2.07. The summed E-state index contributed by atoms with van der Waals surface area (Å²) in [6.07, 6.45) is 0. The Morgan fingerprint density at radius 3 is 2.71 bits per heavy atom. The Morgan fingerprint density at radius 1 is 1.33 bits per heavy atom. The molecule has 6 heteroatoms. The molecule has 0 saturated heterocycles. The Balaban J connectivity index is 2.35. The molecule has 0 aliphatic heterocycles. The lowest BCUT2D eigenvalue weighted by Crippen LogP contribution is -2.23. The van der Waals surface area contributed by atoms with Crippen molar-refractivity contribution in [3.05, 3.63) is 63.9 Å². The van der Waals surface area contributed by atoms with Crippen molar-refractivity contribution in [2.24, 2.45) is 10.9 Å². The van der Waals surface area contributed by atoms with Crippen molar-refractivity contribution >= 4 is 27.5 Å². The molecule has 2 rings (SSSR count). The van der Waals surface area contributed by atoms with Crippen LogP contribution < -0.4 is 10.6 Å². The van der Waals surface area contributed by atoms with E-state index in [2.05, 4.69) is 21.1 Å². The van der Waals surface area contributed by atoms with Gasteiger partial charge in [-0.1, -0.05) is 39.3 Å². The number of oxime groups is 1. The van der Waals surface area contributed by atoms with E-state index in [1.165, 1.54) is 12.1 Å². The van der Waals surface area contributed by atoms with Crippen LogP contribution in [0, 0.1) is 5.82 Å². The number of hydrogen-bond acceptors (Lipinski definition) is 3.